The molecule has 1 heterocycles. The van der Waals surface area contributed by atoms with Crippen LogP contribution in [0.15, 0.2) is 47.6 Å². The summed E-state index contributed by atoms with van der Waals surface area (Å²) in [6, 6.07) is 12.5. The zero-order valence-corrected chi connectivity index (χ0v) is 15.2. The van der Waals surface area contributed by atoms with Gasteiger partial charge in [-0.2, -0.15) is 5.10 Å². The summed E-state index contributed by atoms with van der Waals surface area (Å²) < 4.78 is 0. The monoisotopic (exact) mass is 348 g/mol. The van der Waals surface area contributed by atoms with Crippen LogP contribution in [0, 0.1) is 30.9 Å². The van der Waals surface area contributed by atoms with Crippen molar-refractivity contribution in [2.24, 2.45) is 5.10 Å². The van der Waals surface area contributed by atoms with Crippen molar-refractivity contribution in [1.82, 2.24) is 4.98 Å². The van der Waals surface area contributed by atoms with Crippen LogP contribution < -0.4 is 5.43 Å². The van der Waals surface area contributed by atoms with Crippen LogP contribution in [0.4, 0.5) is 11.5 Å². The summed E-state index contributed by atoms with van der Waals surface area (Å²) in [5.74, 6) is 0.670. The molecule has 1 aromatic heterocycles. The predicted molar refractivity (Wildman–Crippen MR) is 105 cm³/mol. The highest BCUT2D eigenvalue weighted by atomic mass is 16.6. The van der Waals surface area contributed by atoms with Crippen molar-refractivity contribution in [3.05, 3.63) is 74.8 Å². The number of nitro benzene ring substituents is 1. The molecule has 0 saturated carbocycles. The van der Waals surface area contributed by atoms with Crippen LogP contribution in [-0.4, -0.2) is 15.6 Å². The van der Waals surface area contributed by atoms with Crippen LogP contribution >= 0.6 is 0 Å². The van der Waals surface area contributed by atoms with Crippen LogP contribution in [0.1, 0.15) is 29.2 Å². The molecule has 3 rings (SSSR count). The van der Waals surface area contributed by atoms with Crippen molar-refractivity contribution < 1.29 is 4.92 Å². The van der Waals surface area contributed by atoms with Gasteiger partial charge in [0, 0.05) is 17.5 Å². The summed E-state index contributed by atoms with van der Waals surface area (Å²) in [4.78, 5) is 15.0. The molecule has 2 aromatic carbocycles. The topological polar surface area (TPSA) is 80.4 Å². The van der Waals surface area contributed by atoms with Gasteiger partial charge in [0.2, 0.25) is 0 Å². The standard InChI is InChI=1S/C20H20N4O2/c1-12-9-14(3)20-18(10-12)13(2)11-19(21-20)23-22-15(4)16-5-7-17(8-6-16)24(25)26/h5-11H,1-4H3,(H,21,23). The van der Waals surface area contributed by atoms with E-state index in [0.29, 0.717) is 5.82 Å². The van der Waals surface area contributed by atoms with Crippen molar-refractivity contribution >= 4 is 28.1 Å². The Morgan fingerprint density at radius 2 is 1.77 bits per heavy atom. The second kappa shape index (κ2) is 6.92. The Kier molecular flexibility index (Phi) is 4.67. The van der Waals surface area contributed by atoms with Gasteiger partial charge in [0.05, 0.1) is 16.2 Å². The van der Waals surface area contributed by atoms with Gasteiger partial charge in [0.15, 0.2) is 0 Å². The summed E-state index contributed by atoms with van der Waals surface area (Å²) in [7, 11) is 0. The number of aromatic nitrogens is 1. The summed E-state index contributed by atoms with van der Waals surface area (Å²) in [5.41, 5.74) is 9.03. The molecule has 26 heavy (non-hydrogen) atoms. The number of anilines is 1. The highest BCUT2D eigenvalue weighted by Gasteiger charge is 2.07. The third-order valence-corrected chi connectivity index (χ3v) is 4.29. The average Bonchev–Trinajstić information content (AvgIpc) is 2.60. The lowest BCUT2D eigenvalue weighted by atomic mass is 10.0. The lowest BCUT2D eigenvalue weighted by Gasteiger charge is -2.10. The number of aryl methyl sites for hydroxylation is 3. The molecule has 0 bridgehead atoms. The third-order valence-electron chi connectivity index (χ3n) is 4.29. The van der Waals surface area contributed by atoms with Gasteiger partial charge in [-0.25, -0.2) is 4.98 Å². The fourth-order valence-electron chi connectivity index (χ4n) is 2.93. The summed E-state index contributed by atoms with van der Waals surface area (Å²) in [6.45, 7) is 8.03. The number of rotatable bonds is 4. The molecular formula is C20H20N4O2. The number of benzene rings is 2. The molecule has 0 aliphatic heterocycles. The van der Waals surface area contributed by atoms with Gasteiger partial charge in [-0.05, 0) is 68.7 Å². The largest absolute Gasteiger partial charge is 0.269 e. The maximum Gasteiger partial charge on any atom is 0.269 e. The molecule has 1 N–H and O–H groups in total. The number of hydrogen-bond donors (Lipinski definition) is 1. The molecule has 0 saturated heterocycles. The molecule has 6 heteroatoms. The van der Waals surface area contributed by atoms with Crippen molar-refractivity contribution in [1.29, 1.82) is 0 Å². The fraction of sp³-hybridized carbons (Fsp3) is 0.200. The van der Waals surface area contributed by atoms with E-state index in [4.69, 9.17) is 0 Å². The van der Waals surface area contributed by atoms with Gasteiger partial charge >= 0.3 is 0 Å². The summed E-state index contributed by atoms with van der Waals surface area (Å²) in [5, 5.41) is 16.2. The first-order valence-corrected chi connectivity index (χ1v) is 8.29. The molecule has 132 valence electrons. The van der Waals surface area contributed by atoms with E-state index in [9.17, 15) is 10.1 Å². The Morgan fingerprint density at radius 1 is 1.08 bits per heavy atom. The highest BCUT2D eigenvalue weighted by Crippen LogP contribution is 2.24. The zero-order valence-electron chi connectivity index (χ0n) is 15.2. The van der Waals surface area contributed by atoms with E-state index in [-0.39, 0.29) is 5.69 Å². The zero-order chi connectivity index (χ0) is 18.8. The Morgan fingerprint density at radius 3 is 2.42 bits per heavy atom. The van der Waals surface area contributed by atoms with E-state index < -0.39 is 4.92 Å². The first kappa shape index (κ1) is 17.5. The molecule has 0 amide bonds. The fourth-order valence-corrected chi connectivity index (χ4v) is 2.93. The molecule has 0 radical (unpaired) electrons. The number of hydrogen-bond acceptors (Lipinski definition) is 5. The Bertz CT molecular complexity index is 1020. The number of non-ortho nitro benzene ring substituents is 1. The number of fused-ring (bicyclic) bond motifs is 1. The number of hydrazone groups is 1. The summed E-state index contributed by atoms with van der Waals surface area (Å²) in [6.07, 6.45) is 0. The molecule has 0 aliphatic rings. The lowest BCUT2D eigenvalue weighted by molar-refractivity contribution is -0.384. The van der Waals surface area contributed by atoms with Gasteiger partial charge in [-0.1, -0.05) is 11.6 Å². The van der Waals surface area contributed by atoms with E-state index in [1.54, 1.807) is 12.1 Å². The minimum absolute atomic E-state index is 0.0621. The molecular weight excluding hydrogens is 328 g/mol. The number of nitrogens with one attached hydrogen (secondary N) is 1. The van der Waals surface area contributed by atoms with E-state index >= 15 is 0 Å². The van der Waals surface area contributed by atoms with Gasteiger partial charge < -0.3 is 0 Å². The molecule has 0 spiro atoms. The van der Waals surface area contributed by atoms with Gasteiger partial charge in [0.1, 0.15) is 5.82 Å². The normalized spacial score (nSPS) is 11.6. The van der Waals surface area contributed by atoms with Crippen LogP contribution in [0.5, 0.6) is 0 Å². The summed E-state index contributed by atoms with van der Waals surface area (Å²) >= 11 is 0. The molecule has 0 atom stereocenters. The van der Waals surface area contributed by atoms with Crippen LogP contribution in [0.3, 0.4) is 0 Å². The number of nitrogens with zero attached hydrogens (tertiary/aromatic N) is 3. The van der Waals surface area contributed by atoms with Crippen LogP contribution in [0.25, 0.3) is 10.9 Å². The van der Waals surface area contributed by atoms with Crippen molar-refractivity contribution in [2.75, 3.05) is 5.43 Å². The SMILES string of the molecule is CC(=NNc1cc(C)c2cc(C)cc(C)c2n1)c1ccc([N+](=O)[O-])cc1. The second-order valence-electron chi connectivity index (χ2n) is 6.42. The first-order valence-electron chi connectivity index (χ1n) is 8.29. The minimum atomic E-state index is -0.416. The molecule has 0 fully saturated rings. The lowest BCUT2D eigenvalue weighted by Crippen LogP contribution is -2.02. The minimum Gasteiger partial charge on any atom is -0.261 e. The Hall–Kier alpha value is -3.28. The molecule has 0 aliphatic carbocycles. The first-order chi connectivity index (χ1) is 12.3. The van der Waals surface area contributed by atoms with Crippen molar-refractivity contribution in [2.45, 2.75) is 27.7 Å². The van der Waals surface area contributed by atoms with E-state index in [0.717, 1.165) is 33.3 Å². The molecule has 0 unspecified atom stereocenters. The molecule has 3 aromatic rings. The van der Waals surface area contributed by atoms with E-state index in [1.165, 1.54) is 17.7 Å². The van der Waals surface area contributed by atoms with Crippen molar-refractivity contribution in [3.63, 3.8) is 0 Å². The quantitative estimate of drug-likeness (QED) is 0.413. The number of pyridine rings is 1. The van der Waals surface area contributed by atoms with Crippen LogP contribution in [0.2, 0.25) is 0 Å². The van der Waals surface area contributed by atoms with Crippen molar-refractivity contribution in [3.8, 4) is 0 Å². The van der Waals surface area contributed by atoms with Gasteiger partial charge in [-0.15, -0.1) is 0 Å². The Balaban J connectivity index is 1.88. The Labute approximate surface area is 151 Å². The number of nitro groups is 1. The highest BCUT2D eigenvalue weighted by molar-refractivity contribution is 5.99. The second-order valence-corrected chi connectivity index (χ2v) is 6.42. The third kappa shape index (κ3) is 3.54. The van der Waals surface area contributed by atoms with Gasteiger partial charge in [0.25, 0.3) is 5.69 Å². The van der Waals surface area contributed by atoms with Gasteiger partial charge in [-0.3, -0.25) is 15.5 Å². The van der Waals surface area contributed by atoms with E-state index in [2.05, 4.69) is 48.4 Å². The molecule has 6 nitrogen and oxygen atoms in total. The predicted octanol–water partition coefficient (Wildman–Crippen LogP) is 4.90. The smallest absolute Gasteiger partial charge is 0.261 e. The average molecular weight is 348 g/mol. The van der Waals surface area contributed by atoms with Crippen LogP contribution in [-0.2, 0) is 0 Å². The maximum atomic E-state index is 10.7. The maximum absolute atomic E-state index is 10.7. The van der Waals surface area contributed by atoms with E-state index in [1.807, 2.05) is 13.0 Å².